The van der Waals surface area contributed by atoms with Crippen LogP contribution in [0.25, 0.3) is 6.08 Å². The fourth-order valence-corrected chi connectivity index (χ4v) is 2.49. The molecule has 1 heterocycles. The Hall–Kier alpha value is -1.45. The van der Waals surface area contributed by atoms with E-state index in [9.17, 15) is 0 Å². The highest BCUT2D eigenvalue weighted by Gasteiger charge is 2.06. The van der Waals surface area contributed by atoms with Gasteiger partial charge >= 0.3 is 0 Å². The maximum atomic E-state index is 4.48. The smallest absolute Gasteiger partial charge is 0.110 e. The Morgan fingerprint density at radius 2 is 2.11 bits per heavy atom. The van der Waals surface area contributed by atoms with Gasteiger partial charge < -0.3 is 5.32 Å². The molecule has 0 bridgehead atoms. The van der Waals surface area contributed by atoms with Gasteiger partial charge in [0.2, 0.25) is 0 Å². The molecule has 18 heavy (non-hydrogen) atoms. The number of aryl methyl sites for hydroxylation is 1. The predicted molar refractivity (Wildman–Crippen MR) is 78.7 cm³/mol. The van der Waals surface area contributed by atoms with Gasteiger partial charge in [0.15, 0.2) is 0 Å². The summed E-state index contributed by atoms with van der Waals surface area (Å²) in [4.78, 5) is 4.48. The van der Waals surface area contributed by atoms with E-state index in [0.717, 1.165) is 17.2 Å². The molecule has 2 rings (SSSR count). The standard InChI is InChI=1S/C15H18N2S/c1-12-11-18-15(17-12)13(2)16-10-6-9-14-7-4-3-5-8-14/h3-9,11,13,16H,10H2,1-2H3/b9-6+. The van der Waals surface area contributed by atoms with Gasteiger partial charge in [0.25, 0.3) is 0 Å². The molecule has 1 aromatic carbocycles. The second kappa shape index (κ2) is 6.47. The molecule has 2 aromatic rings. The Labute approximate surface area is 112 Å². The average Bonchev–Trinajstić information content (AvgIpc) is 2.82. The lowest BCUT2D eigenvalue weighted by atomic mass is 10.2. The van der Waals surface area contributed by atoms with Crippen LogP contribution < -0.4 is 5.32 Å². The molecule has 0 amide bonds. The third-order valence-electron chi connectivity index (χ3n) is 2.66. The minimum atomic E-state index is 0.309. The van der Waals surface area contributed by atoms with E-state index in [4.69, 9.17) is 0 Å². The Kier molecular flexibility index (Phi) is 4.67. The molecule has 2 nitrogen and oxygen atoms in total. The molecule has 0 radical (unpaired) electrons. The maximum Gasteiger partial charge on any atom is 0.110 e. The molecule has 0 fully saturated rings. The molecule has 1 N–H and O–H groups in total. The van der Waals surface area contributed by atoms with E-state index in [1.165, 1.54) is 5.56 Å². The van der Waals surface area contributed by atoms with Gasteiger partial charge in [0.1, 0.15) is 5.01 Å². The lowest BCUT2D eigenvalue weighted by Crippen LogP contribution is -2.18. The highest BCUT2D eigenvalue weighted by atomic mass is 32.1. The SMILES string of the molecule is Cc1csc(C(C)NC/C=C/c2ccccc2)n1. The summed E-state index contributed by atoms with van der Waals surface area (Å²) in [7, 11) is 0. The Bertz CT molecular complexity index is 502. The Morgan fingerprint density at radius 3 is 2.78 bits per heavy atom. The van der Waals surface area contributed by atoms with Gasteiger partial charge in [-0.25, -0.2) is 4.98 Å². The first-order chi connectivity index (χ1) is 8.75. The molecule has 0 spiro atoms. The lowest BCUT2D eigenvalue weighted by molar-refractivity contribution is 0.613. The van der Waals surface area contributed by atoms with Crippen molar-refractivity contribution in [3.05, 3.63) is 58.1 Å². The fourth-order valence-electron chi connectivity index (χ4n) is 1.66. The molecule has 1 atom stereocenters. The van der Waals surface area contributed by atoms with Crippen molar-refractivity contribution in [2.75, 3.05) is 6.54 Å². The molecule has 0 aliphatic rings. The molecule has 0 saturated heterocycles. The lowest BCUT2D eigenvalue weighted by Gasteiger charge is -2.08. The number of thiazole rings is 1. The number of aromatic nitrogens is 1. The van der Waals surface area contributed by atoms with E-state index in [1.807, 2.05) is 25.1 Å². The first-order valence-corrected chi connectivity index (χ1v) is 7.00. The molecule has 0 aliphatic carbocycles. The van der Waals surface area contributed by atoms with Gasteiger partial charge in [-0.2, -0.15) is 0 Å². The van der Waals surface area contributed by atoms with Crippen LogP contribution >= 0.6 is 11.3 Å². The van der Waals surface area contributed by atoms with E-state index >= 15 is 0 Å². The van der Waals surface area contributed by atoms with Crippen molar-refractivity contribution in [2.45, 2.75) is 19.9 Å². The number of nitrogens with zero attached hydrogens (tertiary/aromatic N) is 1. The van der Waals surface area contributed by atoms with E-state index in [-0.39, 0.29) is 0 Å². The van der Waals surface area contributed by atoms with Crippen molar-refractivity contribution < 1.29 is 0 Å². The Morgan fingerprint density at radius 1 is 1.33 bits per heavy atom. The van der Waals surface area contributed by atoms with Crippen LogP contribution in [0.5, 0.6) is 0 Å². The van der Waals surface area contributed by atoms with Gasteiger partial charge in [0, 0.05) is 17.6 Å². The first kappa shape index (κ1) is 13.0. The zero-order valence-corrected chi connectivity index (χ0v) is 11.6. The van der Waals surface area contributed by atoms with Gasteiger partial charge in [-0.3, -0.25) is 0 Å². The van der Waals surface area contributed by atoms with Crippen LogP contribution in [-0.2, 0) is 0 Å². The number of nitrogens with one attached hydrogen (secondary N) is 1. The molecule has 1 unspecified atom stereocenters. The van der Waals surface area contributed by atoms with Crippen molar-refractivity contribution in [2.24, 2.45) is 0 Å². The average molecular weight is 258 g/mol. The van der Waals surface area contributed by atoms with Crippen LogP contribution in [0.15, 0.2) is 41.8 Å². The monoisotopic (exact) mass is 258 g/mol. The highest BCUT2D eigenvalue weighted by Crippen LogP contribution is 2.16. The summed E-state index contributed by atoms with van der Waals surface area (Å²) < 4.78 is 0. The summed E-state index contributed by atoms with van der Waals surface area (Å²) in [6.45, 7) is 5.03. The maximum absolute atomic E-state index is 4.48. The van der Waals surface area contributed by atoms with Gasteiger partial charge in [0.05, 0.1) is 6.04 Å². The van der Waals surface area contributed by atoms with E-state index < -0.39 is 0 Å². The van der Waals surface area contributed by atoms with E-state index in [2.05, 4.69) is 46.9 Å². The largest absolute Gasteiger partial charge is 0.305 e. The minimum absolute atomic E-state index is 0.309. The number of rotatable bonds is 5. The van der Waals surface area contributed by atoms with Gasteiger partial charge in [-0.15, -0.1) is 11.3 Å². The molecule has 0 aliphatic heterocycles. The minimum Gasteiger partial charge on any atom is -0.305 e. The summed E-state index contributed by atoms with van der Waals surface area (Å²) >= 11 is 1.71. The molecule has 94 valence electrons. The zero-order valence-electron chi connectivity index (χ0n) is 10.8. The highest BCUT2D eigenvalue weighted by molar-refractivity contribution is 7.09. The number of benzene rings is 1. The van der Waals surface area contributed by atoms with Crippen LogP contribution in [0.4, 0.5) is 0 Å². The zero-order chi connectivity index (χ0) is 12.8. The van der Waals surface area contributed by atoms with Crippen molar-refractivity contribution in [3.8, 4) is 0 Å². The van der Waals surface area contributed by atoms with E-state index in [0.29, 0.717) is 6.04 Å². The van der Waals surface area contributed by atoms with Crippen molar-refractivity contribution in [3.63, 3.8) is 0 Å². The summed E-state index contributed by atoms with van der Waals surface area (Å²) in [5.41, 5.74) is 2.33. The summed E-state index contributed by atoms with van der Waals surface area (Å²) in [6, 6.07) is 10.6. The molecule has 0 saturated carbocycles. The van der Waals surface area contributed by atoms with Crippen LogP contribution in [-0.4, -0.2) is 11.5 Å². The first-order valence-electron chi connectivity index (χ1n) is 6.12. The van der Waals surface area contributed by atoms with E-state index in [1.54, 1.807) is 11.3 Å². The predicted octanol–water partition coefficient (Wildman–Crippen LogP) is 3.82. The normalized spacial score (nSPS) is 13.0. The molecular weight excluding hydrogens is 240 g/mol. The van der Waals surface area contributed by atoms with Crippen LogP contribution in [0.2, 0.25) is 0 Å². The quantitative estimate of drug-likeness (QED) is 0.882. The Balaban J connectivity index is 1.80. The fraction of sp³-hybridized carbons (Fsp3) is 0.267. The second-order valence-electron chi connectivity index (χ2n) is 4.27. The topological polar surface area (TPSA) is 24.9 Å². The van der Waals surface area contributed by atoms with Crippen LogP contribution in [0, 0.1) is 6.92 Å². The third-order valence-corrected chi connectivity index (χ3v) is 3.80. The van der Waals surface area contributed by atoms with Crippen LogP contribution in [0.1, 0.15) is 29.2 Å². The van der Waals surface area contributed by atoms with Crippen molar-refractivity contribution >= 4 is 17.4 Å². The molecule has 1 aromatic heterocycles. The number of hydrogen-bond donors (Lipinski definition) is 1. The molecule has 3 heteroatoms. The van der Waals surface area contributed by atoms with Crippen LogP contribution in [0.3, 0.4) is 0 Å². The molecular formula is C15H18N2S. The van der Waals surface area contributed by atoms with Crippen molar-refractivity contribution in [1.82, 2.24) is 10.3 Å². The van der Waals surface area contributed by atoms with Gasteiger partial charge in [-0.05, 0) is 19.4 Å². The summed E-state index contributed by atoms with van der Waals surface area (Å²) in [5.74, 6) is 0. The third kappa shape index (κ3) is 3.79. The van der Waals surface area contributed by atoms with Crippen molar-refractivity contribution in [1.29, 1.82) is 0 Å². The summed E-state index contributed by atoms with van der Waals surface area (Å²) in [5, 5.41) is 6.69. The summed E-state index contributed by atoms with van der Waals surface area (Å²) in [6.07, 6.45) is 4.28. The number of hydrogen-bond acceptors (Lipinski definition) is 3. The van der Waals surface area contributed by atoms with Gasteiger partial charge in [-0.1, -0.05) is 42.5 Å². The second-order valence-corrected chi connectivity index (χ2v) is 5.16.